The van der Waals surface area contributed by atoms with Gasteiger partial charge in [0.2, 0.25) is 5.91 Å². The molecule has 5 N–H and O–H groups in total. The molecule has 0 saturated heterocycles. The Morgan fingerprint density at radius 3 is 1.57 bits per heavy atom. The van der Waals surface area contributed by atoms with Crippen LogP contribution in [0.4, 0.5) is 10.5 Å². The van der Waals surface area contributed by atoms with Crippen molar-refractivity contribution in [2.75, 3.05) is 172 Å². The van der Waals surface area contributed by atoms with E-state index in [0.29, 0.717) is 131 Å². The van der Waals surface area contributed by atoms with Gasteiger partial charge in [-0.25, -0.2) is 14.9 Å². The maximum atomic E-state index is 13.4. The molecule has 27 heteroatoms. The monoisotopic (exact) mass is 1050 g/mol. The summed E-state index contributed by atoms with van der Waals surface area (Å²) in [6, 6.07) is 3.79. The molecule has 2 heterocycles. The van der Waals surface area contributed by atoms with Crippen molar-refractivity contribution < 1.29 is 93.9 Å². The average Bonchev–Trinajstić information content (AvgIpc) is 3.55. The van der Waals surface area contributed by atoms with E-state index in [4.69, 9.17) is 62.7 Å². The molecule has 0 unspecified atom stereocenters. The fourth-order valence-electron chi connectivity index (χ4n) is 5.94. The first-order chi connectivity index (χ1) is 34.9. The van der Waals surface area contributed by atoms with Crippen molar-refractivity contribution in [1.29, 1.82) is 0 Å². The lowest BCUT2D eigenvalue weighted by molar-refractivity contribution is -0.181. The second-order valence-corrected chi connectivity index (χ2v) is 16.4. The second kappa shape index (κ2) is 37.7. The zero-order chi connectivity index (χ0) is 52.1. The molecule has 0 radical (unpaired) electrons. The summed E-state index contributed by atoms with van der Waals surface area (Å²) in [5, 5.41) is 6.29. The van der Waals surface area contributed by atoms with Gasteiger partial charge in [0.15, 0.2) is 0 Å². The van der Waals surface area contributed by atoms with E-state index in [9.17, 15) is 36.9 Å². The van der Waals surface area contributed by atoms with Gasteiger partial charge in [0.1, 0.15) is 19.0 Å². The number of hydrogen-bond donors (Lipinski definition) is 4. The van der Waals surface area contributed by atoms with Crippen LogP contribution in [0.2, 0.25) is 0 Å². The maximum absolute atomic E-state index is 13.4. The molecule has 406 valence electrons. The molecule has 2 aliphatic rings. The third kappa shape index (κ3) is 27.7. The fraction of sp³-hybridized carbons (Fsp3) is 0.644. The lowest BCUT2D eigenvalue weighted by atomic mass is 10.1. The number of hydrogen-bond acceptors (Lipinski definition) is 21. The zero-order valence-corrected chi connectivity index (χ0v) is 41.6. The highest BCUT2D eigenvalue weighted by molar-refractivity contribution is 7.85. The number of fused-ring (bicyclic) bond motifs is 1. The summed E-state index contributed by atoms with van der Waals surface area (Å²) in [5.74, 6) is -1.85. The van der Waals surface area contributed by atoms with Gasteiger partial charge in [-0.05, 0) is 24.6 Å². The Balaban J connectivity index is 0.991. The third-order valence-corrected chi connectivity index (χ3v) is 10.2. The van der Waals surface area contributed by atoms with Crippen molar-refractivity contribution in [3.8, 4) is 0 Å². The summed E-state index contributed by atoms with van der Waals surface area (Å²) in [6.07, 6.45) is 3.66. The van der Waals surface area contributed by atoms with Gasteiger partial charge < -0.3 is 68.5 Å². The summed E-state index contributed by atoms with van der Waals surface area (Å²) < 4.78 is 92.1. The predicted octanol–water partition coefficient (Wildman–Crippen LogP) is -0.187. The largest absolute Gasteiger partial charge is 0.447 e. The summed E-state index contributed by atoms with van der Waals surface area (Å²) in [6.45, 7) is 9.67. The number of alkyl carbamates (subject to hydrolysis) is 1. The molecule has 5 amide bonds. The maximum Gasteiger partial charge on any atom is 0.407 e. The molecule has 0 aliphatic carbocycles. The molecule has 1 aromatic rings. The summed E-state index contributed by atoms with van der Waals surface area (Å²) in [4.78, 5) is 70.5. The summed E-state index contributed by atoms with van der Waals surface area (Å²) in [7, 11) is -4.46. The van der Waals surface area contributed by atoms with E-state index in [1.54, 1.807) is 0 Å². The van der Waals surface area contributed by atoms with Gasteiger partial charge in [0.25, 0.3) is 27.8 Å². The number of amidine groups is 1. The zero-order valence-electron chi connectivity index (χ0n) is 40.8. The van der Waals surface area contributed by atoms with Gasteiger partial charge >= 0.3 is 6.09 Å². The van der Waals surface area contributed by atoms with Crippen LogP contribution in [0.3, 0.4) is 0 Å². The van der Waals surface area contributed by atoms with Crippen molar-refractivity contribution >= 4 is 57.4 Å². The van der Waals surface area contributed by atoms with Crippen LogP contribution in [0, 0.1) is 0 Å². The number of imide groups is 1. The number of ether oxygens (including phenoxy) is 11. The number of hydroxylamine groups is 2. The second-order valence-electron chi connectivity index (χ2n) is 15.0. The first-order valence-electron chi connectivity index (χ1n) is 23.5. The Morgan fingerprint density at radius 1 is 0.667 bits per heavy atom. The standard InChI is InChI=1S/C45H70N6O20S/c1-2-9-51(44(55)37-32-36-3-4-38(72(57,58)59)34-39(36)49-40(46)33-37)71-11-8-48-45(56)70-31-30-69-29-28-68-27-26-67-25-24-66-23-22-65-21-20-64-19-18-63-17-16-62-15-14-61-13-12-60-10-7-47-41(52)35-50-42(53)5-6-43(50)54/h3-6,32,34H,2,7-31,33,35H2,1H3,(H2,46,49)(H,47,52)(H,48,56)(H,57,58,59). The van der Waals surface area contributed by atoms with Gasteiger partial charge in [0.05, 0.1) is 149 Å². The van der Waals surface area contributed by atoms with Crippen LogP contribution in [0.1, 0.15) is 25.3 Å². The Bertz CT molecular complexity index is 1970. The topological polar surface area (TPSA) is 319 Å². The molecular formula is C45H70N6O20S. The van der Waals surface area contributed by atoms with Crippen molar-refractivity contribution in [1.82, 2.24) is 20.6 Å². The number of carbonyl (C=O) groups is 5. The van der Waals surface area contributed by atoms with E-state index < -0.39 is 39.8 Å². The molecule has 26 nitrogen and oxygen atoms in total. The van der Waals surface area contributed by atoms with Crippen molar-refractivity contribution in [3.05, 3.63) is 41.5 Å². The first-order valence-corrected chi connectivity index (χ1v) is 24.9. The van der Waals surface area contributed by atoms with Crippen LogP contribution in [0.5, 0.6) is 0 Å². The highest BCUT2D eigenvalue weighted by Crippen LogP contribution is 2.29. The number of nitrogens with zero attached hydrogens (tertiary/aromatic N) is 3. The number of nitrogens with one attached hydrogen (secondary N) is 2. The van der Waals surface area contributed by atoms with Gasteiger partial charge in [-0.1, -0.05) is 13.0 Å². The van der Waals surface area contributed by atoms with E-state index in [-0.39, 0.29) is 81.0 Å². The molecule has 0 atom stereocenters. The molecule has 0 bridgehead atoms. The van der Waals surface area contributed by atoms with Gasteiger partial charge in [-0.2, -0.15) is 8.42 Å². The Kier molecular flexibility index (Phi) is 32.1. The van der Waals surface area contributed by atoms with Crippen molar-refractivity contribution in [2.45, 2.75) is 24.7 Å². The number of amides is 5. The third-order valence-electron chi connectivity index (χ3n) is 9.39. The Hall–Kier alpha value is -5.01. The van der Waals surface area contributed by atoms with E-state index in [1.165, 1.54) is 24.3 Å². The minimum atomic E-state index is -4.46. The molecule has 0 spiro atoms. The van der Waals surface area contributed by atoms with E-state index in [0.717, 1.165) is 22.1 Å². The van der Waals surface area contributed by atoms with Crippen molar-refractivity contribution in [3.63, 3.8) is 0 Å². The lowest BCUT2D eigenvalue weighted by Crippen LogP contribution is -2.41. The smallest absolute Gasteiger partial charge is 0.407 e. The number of aliphatic imine (C=N–C) groups is 1. The van der Waals surface area contributed by atoms with Gasteiger partial charge in [-0.15, -0.1) is 0 Å². The molecular weight excluding hydrogens is 977 g/mol. The van der Waals surface area contributed by atoms with Gasteiger partial charge in [-0.3, -0.25) is 33.5 Å². The van der Waals surface area contributed by atoms with Crippen LogP contribution >= 0.6 is 0 Å². The highest BCUT2D eigenvalue weighted by Gasteiger charge is 2.26. The molecule has 2 aliphatic heterocycles. The number of nitrogens with two attached hydrogens (primary N) is 1. The minimum Gasteiger partial charge on any atom is -0.447 e. The summed E-state index contributed by atoms with van der Waals surface area (Å²) >= 11 is 0. The minimum absolute atomic E-state index is 0.0136. The molecule has 1 aromatic carbocycles. The molecule has 0 fully saturated rings. The van der Waals surface area contributed by atoms with E-state index in [2.05, 4.69) is 15.6 Å². The van der Waals surface area contributed by atoms with Crippen molar-refractivity contribution in [2.24, 2.45) is 10.7 Å². The molecule has 3 rings (SSSR count). The fourth-order valence-corrected chi connectivity index (χ4v) is 6.44. The normalized spacial score (nSPS) is 13.4. The van der Waals surface area contributed by atoms with Crippen LogP contribution < -0.4 is 16.4 Å². The van der Waals surface area contributed by atoms with Gasteiger partial charge in [0, 0.05) is 49.3 Å². The number of benzene rings is 1. The SMILES string of the molecule is CCCN(OCCNC(=O)OCCOCCOCCOCCOCCOCCOCCOCCOCCOCCOCCNC(=O)CN1C(=O)C=CC1=O)C(=O)C1=Cc2ccc(S(=O)(=O)O)cc2N=C(N)C1. The van der Waals surface area contributed by atoms with Crippen LogP contribution in [-0.2, 0) is 86.2 Å². The lowest BCUT2D eigenvalue weighted by Gasteiger charge is -2.22. The quantitative estimate of drug-likeness (QED) is 0.0285. The van der Waals surface area contributed by atoms with Crippen LogP contribution in [0.15, 0.2) is 45.8 Å². The van der Waals surface area contributed by atoms with Crippen LogP contribution in [-0.4, -0.2) is 230 Å². The predicted molar refractivity (Wildman–Crippen MR) is 254 cm³/mol. The van der Waals surface area contributed by atoms with Crippen LogP contribution in [0.25, 0.3) is 6.08 Å². The number of rotatable bonds is 43. The average molecular weight is 1050 g/mol. The molecule has 72 heavy (non-hydrogen) atoms. The van der Waals surface area contributed by atoms with E-state index >= 15 is 0 Å². The Morgan fingerprint density at radius 2 is 1.11 bits per heavy atom. The van der Waals surface area contributed by atoms with E-state index in [1.807, 2.05) is 6.92 Å². The first kappa shape index (κ1) is 61.3. The molecule has 0 aromatic heterocycles. The highest BCUT2D eigenvalue weighted by atomic mass is 32.2. The molecule has 0 saturated carbocycles. The Labute approximate surface area is 419 Å². The number of carbonyl (C=O) groups excluding carboxylic acids is 5. The summed E-state index contributed by atoms with van der Waals surface area (Å²) in [5.41, 5.74) is 6.89.